The minimum absolute atomic E-state index is 0.731. The van der Waals surface area contributed by atoms with Crippen molar-refractivity contribution in [3.8, 4) is 16.9 Å². The molecule has 4 rings (SSSR count). The van der Waals surface area contributed by atoms with E-state index in [1.54, 1.807) is 17.7 Å². The minimum atomic E-state index is 0.731. The number of benzene rings is 1. The van der Waals surface area contributed by atoms with Crippen molar-refractivity contribution >= 4 is 33.2 Å². The summed E-state index contributed by atoms with van der Waals surface area (Å²) < 4.78 is 1.95. The van der Waals surface area contributed by atoms with Crippen LogP contribution in [0.2, 0.25) is 5.02 Å². The number of aromatic nitrogens is 4. The van der Waals surface area contributed by atoms with Crippen molar-refractivity contribution in [3.05, 3.63) is 59.7 Å². The Bertz CT molecular complexity index is 897. The summed E-state index contributed by atoms with van der Waals surface area (Å²) in [5.74, 6) is 0.868. The Morgan fingerprint density at radius 2 is 2.00 bits per heavy atom. The van der Waals surface area contributed by atoms with Crippen LogP contribution >= 0.6 is 22.9 Å². The third kappa shape index (κ3) is 2.11. The molecule has 3 heterocycles. The summed E-state index contributed by atoms with van der Waals surface area (Å²) in [7, 11) is 0. The maximum absolute atomic E-state index is 5.97. The quantitative estimate of drug-likeness (QED) is 0.575. The standard InChI is InChI=1S/C15H9ClN4S/c16-11-3-1-10(2-4-11)12-7-21-15-13(12)14(18-8-19-15)20-6-5-17-9-20/h1-9H/p+1. The van der Waals surface area contributed by atoms with Gasteiger partial charge in [0, 0.05) is 16.0 Å². The number of nitrogens with one attached hydrogen (secondary N) is 1. The molecule has 3 aromatic heterocycles. The van der Waals surface area contributed by atoms with Crippen molar-refractivity contribution in [2.24, 2.45) is 0 Å². The number of H-pyrrole nitrogens is 1. The minimum Gasteiger partial charge on any atom is -0.283 e. The van der Waals surface area contributed by atoms with Crippen LogP contribution in [0.4, 0.5) is 0 Å². The van der Waals surface area contributed by atoms with Gasteiger partial charge in [-0.1, -0.05) is 28.7 Å². The van der Waals surface area contributed by atoms with Gasteiger partial charge in [0.25, 0.3) is 5.82 Å². The molecule has 0 unspecified atom stereocenters. The molecule has 0 saturated heterocycles. The van der Waals surface area contributed by atoms with Gasteiger partial charge in [0.2, 0.25) is 0 Å². The first kappa shape index (κ1) is 12.5. The van der Waals surface area contributed by atoms with E-state index in [1.807, 2.05) is 47.6 Å². The zero-order valence-electron chi connectivity index (χ0n) is 10.8. The molecule has 6 heteroatoms. The largest absolute Gasteiger partial charge is 0.283 e. The van der Waals surface area contributed by atoms with Crippen LogP contribution in [0, 0.1) is 0 Å². The number of halogens is 1. The van der Waals surface area contributed by atoms with Crippen LogP contribution in [0.5, 0.6) is 0 Å². The average molecular weight is 314 g/mol. The maximum Gasteiger partial charge on any atom is 0.279 e. The molecule has 0 fully saturated rings. The van der Waals surface area contributed by atoms with Gasteiger partial charge in [-0.2, -0.15) is 0 Å². The van der Waals surface area contributed by atoms with Gasteiger partial charge in [0.1, 0.15) is 11.0 Å². The van der Waals surface area contributed by atoms with Gasteiger partial charge < -0.3 is 0 Å². The van der Waals surface area contributed by atoms with E-state index < -0.39 is 0 Å². The van der Waals surface area contributed by atoms with E-state index in [9.17, 15) is 0 Å². The predicted octanol–water partition coefficient (Wildman–Crippen LogP) is 3.62. The van der Waals surface area contributed by atoms with E-state index in [0.29, 0.717) is 0 Å². The van der Waals surface area contributed by atoms with Crippen molar-refractivity contribution < 1.29 is 4.57 Å². The number of hydrogen-bond donors (Lipinski definition) is 1. The molecule has 0 radical (unpaired) electrons. The number of imidazole rings is 1. The SMILES string of the molecule is Clc1ccc(-c2csc3ncnc(-[n+]4cc[nH]c4)c23)cc1. The number of aromatic amines is 1. The molecule has 0 saturated carbocycles. The van der Waals surface area contributed by atoms with E-state index in [1.165, 1.54) is 0 Å². The Labute approximate surface area is 129 Å². The highest BCUT2D eigenvalue weighted by molar-refractivity contribution is 7.17. The summed E-state index contributed by atoms with van der Waals surface area (Å²) >= 11 is 7.59. The molecule has 0 bridgehead atoms. The third-order valence-corrected chi connectivity index (χ3v) is 4.43. The van der Waals surface area contributed by atoms with Crippen LogP contribution < -0.4 is 4.57 Å². The third-order valence-electron chi connectivity index (χ3n) is 3.30. The lowest BCUT2D eigenvalue weighted by Crippen LogP contribution is -2.28. The molecule has 0 amide bonds. The van der Waals surface area contributed by atoms with E-state index in [0.717, 1.165) is 32.2 Å². The van der Waals surface area contributed by atoms with Gasteiger partial charge in [-0.25, -0.2) is 9.55 Å². The fourth-order valence-corrected chi connectivity index (χ4v) is 3.35. The summed E-state index contributed by atoms with van der Waals surface area (Å²) in [5.41, 5.74) is 2.23. The van der Waals surface area contributed by atoms with Crippen LogP contribution in [-0.4, -0.2) is 15.0 Å². The summed E-state index contributed by atoms with van der Waals surface area (Å²) in [4.78, 5) is 12.8. The lowest BCUT2D eigenvalue weighted by Gasteiger charge is -2.01. The van der Waals surface area contributed by atoms with E-state index in [2.05, 4.69) is 20.3 Å². The lowest BCUT2D eigenvalue weighted by molar-refractivity contribution is -0.596. The first-order valence-corrected chi connectivity index (χ1v) is 7.61. The second-order valence-electron chi connectivity index (χ2n) is 4.55. The molecule has 1 N–H and O–H groups in total. The van der Waals surface area contributed by atoms with Gasteiger partial charge >= 0.3 is 0 Å². The highest BCUT2D eigenvalue weighted by atomic mass is 35.5. The fourth-order valence-electron chi connectivity index (χ4n) is 2.32. The molecule has 0 spiro atoms. The second kappa shape index (κ2) is 4.95. The number of fused-ring (bicyclic) bond motifs is 1. The first-order chi connectivity index (χ1) is 10.3. The molecule has 0 aliphatic carbocycles. The molecule has 0 aliphatic heterocycles. The molecule has 1 aromatic carbocycles. The van der Waals surface area contributed by atoms with E-state index >= 15 is 0 Å². The lowest BCUT2D eigenvalue weighted by atomic mass is 10.1. The topological polar surface area (TPSA) is 45.5 Å². The molecule has 0 aliphatic rings. The number of hydrogen-bond acceptors (Lipinski definition) is 3. The average Bonchev–Trinajstić information content (AvgIpc) is 3.17. The Morgan fingerprint density at radius 1 is 1.14 bits per heavy atom. The maximum atomic E-state index is 5.97. The van der Waals surface area contributed by atoms with Crippen molar-refractivity contribution in [2.75, 3.05) is 0 Å². The molecule has 4 nitrogen and oxygen atoms in total. The van der Waals surface area contributed by atoms with Crippen molar-refractivity contribution in [1.82, 2.24) is 15.0 Å². The predicted molar refractivity (Wildman–Crippen MR) is 83.7 cm³/mol. The summed E-state index contributed by atoms with van der Waals surface area (Å²) in [6.07, 6.45) is 7.26. The number of thiophene rings is 1. The van der Waals surface area contributed by atoms with E-state index in [-0.39, 0.29) is 0 Å². The van der Waals surface area contributed by atoms with Gasteiger partial charge in [0.05, 0.1) is 11.6 Å². The summed E-state index contributed by atoms with van der Waals surface area (Å²) in [5, 5.41) is 3.89. The van der Waals surface area contributed by atoms with Gasteiger partial charge in [0.15, 0.2) is 12.7 Å². The fraction of sp³-hybridized carbons (Fsp3) is 0. The molecule has 4 aromatic rings. The molecule has 21 heavy (non-hydrogen) atoms. The van der Waals surface area contributed by atoms with Crippen molar-refractivity contribution in [2.45, 2.75) is 0 Å². The second-order valence-corrected chi connectivity index (χ2v) is 5.85. The van der Waals surface area contributed by atoms with Crippen LogP contribution in [0.25, 0.3) is 27.2 Å². The molecular weight excluding hydrogens is 304 g/mol. The monoisotopic (exact) mass is 313 g/mol. The smallest absolute Gasteiger partial charge is 0.279 e. The Balaban J connectivity index is 2.00. The Hall–Kier alpha value is -2.24. The number of rotatable bonds is 2. The van der Waals surface area contributed by atoms with Crippen LogP contribution in [-0.2, 0) is 0 Å². The highest BCUT2D eigenvalue weighted by Crippen LogP contribution is 2.34. The van der Waals surface area contributed by atoms with Crippen molar-refractivity contribution in [3.63, 3.8) is 0 Å². The highest BCUT2D eigenvalue weighted by Gasteiger charge is 2.18. The Kier molecular flexibility index (Phi) is 2.94. The molecule has 102 valence electrons. The Morgan fingerprint density at radius 3 is 2.76 bits per heavy atom. The van der Waals surface area contributed by atoms with Crippen LogP contribution in [0.1, 0.15) is 0 Å². The van der Waals surface area contributed by atoms with Gasteiger partial charge in [-0.05, 0) is 17.7 Å². The van der Waals surface area contributed by atoms with Crippen LogP contribution in [0.3, 0.4) is 0 Å². The summed E-state index contributed by atoms with van der Waals surface area (Å²) in [6.45, 7) is 0. The van der Waals surface area contributed by atoms with Gasteiger partial charge in [-0.15, -0.1) is 11.3 Å². The van der Waals surface area contributed by atoms with E-state index in [4.69, 9.17) is 11.6 Å². The normalized spacial score (nSPS) is 11.1. The summed E-state index contributed by atoms with van der Waals surface area (Å²) in [6, 6.07) is 7.82. The number of nitrogens with zero attached hydrogens (tertiary/aromatic N) is 3. The first-order valence-electron chi connectivity index (χ1n) is 6.35. The molecular formula is C15H10ClN4S+. The van der Waals surface area contributed by atoms with Gasteiger partial charge in [-0.3, -0.25) is 4.98 Å². The zero-order chi connectivity index (χ0) is 14.2. The van der Waals surface area contributed by atoms with Crippen molar-refractivity contribution in [1.29, 1.82) is 0 Å². The zero-order valence-corrected chi connectivity index (χ0v) is 12.4. The molecule has 0 atom stereocenters. The van der Waals surface area contributed by atoms with Crippen LogP contribution in [0.15, 0.2) is 54.7 Å².